The van der Waals surface area contributed by atoms with Crippen LogP contribution in [0.25, 0.3) is 0 Å². The van der Waals surface area contributed by atoms with Crippen LogP contribution in [0.4, 0.5) is 0 Å². The van der Waals surface area contributed by atoms with Gasteiger partial charge in [-0.3, -0.25) is 4.55 Å². The molecule has 0 aromatic heterocycles. The summed E-state index contributed by atoms with van der Waals surface area (Å²) in [6, 6.07) is 0. The van der Waals surface area contributed by atoms with E-state index in [-0.39, 0.29) is 50.4 Å². The second-order valence-electron chi connectivity index (χ2n) is 19.5. The van der Waals surface area contributed by atoms with Crippen LogP contribution in [0.1, 0.15) is 86.0 Å². The first-order valence-electron chi connectivity index (χ1n) is 21.4. The Kier molecular flexibility index (Phi) is 14.6. The topological polar surface area (TPSA) is 292 Å². The highest BCUT2D eigenvalue weighted by Crippen LogP contribution is 2.70. The fourth-order valence-corrected chi connectivity index (χ4v) is 13.5. The van der Waals surface area contributed by atoms with E-state index in [0.29, 0.717) is 32.1 Å². The molecule has 10 N–H and O–H groups in total. The van der Waals surface area contributed by atoms with Gasteiger partial charge in [0.25, 0.3) is 0 Å². The number of hydrogen-bond acceptors (Lipinski definition) is 17. The van der Waals surface area contributed by atoms with Crippen molar-refractivity contribution in [2.45, 2.75) is 171 Å². The van der Waals surface area contributed by atoms with Crippen LogP contribution in [0.2, 0.25) is 0 Å². The molecule has 6 aliphatic rings. The molecule has 0 aromatic carbocycles. The lowest BCUT2D eigenvalue weighted by Gasteiger charge is -2.66. The third-order valence-electron chi connectivity index (χ3n) is 15.9. The first kappa shape index (κ1) is 47.8. The van der Waals surface area contributed by atoms with Gasteiger partial charge in [-0.1, -0.05) is 41.0 Å². The van der Waals surface area contributed by atoms with Gasteiger partial charge in [0, 0.05) is 25.4 Å². The number of hydrogen-bond donors (Lipinski definition) is 10. The van der Waals surface area contributed by atoms with E-state index in [4.69, 9.17) is 27.9 Å². The summed E-state index contributed by atoms with van der Waals surface area (Å²) in [5, 5.41) is 100.0. The number of ether oxygens (including phenoxy) is 5. The van der Waals surface area contributed by atoms with E-state index in [9.17, 15) is 58.9 Å². The highest BCUT2D eigenvalue weighted by atomic mass is 32.3. The summed E-state index contributed by atoms with van der Waals surface area (Å²) in [5.74, 6) is -2.57. The molecule has 344 valence electrons. The molecule has 0 amide bonds. The number of methoxy groups -OCH3 is 1. The molecule has 4 aliphatic carbocycles. The molecule has 0 unspecified atom stereocenters. The number of rotatable bonds is 14. The lowest BCUT2D eigenvalue weighted by Crippen LogP contribution is -2.71. The van der Waals surface area contributed by atoms with E-state index < -0.39 is 130 Å². The van der Waals surface area contributed by atoms with Crippen molar-refractivity contribution in [3.63, 3.8) is 0 Å². The molecule has 4 saturated carbocycles. The minimum absolute atomic E-state index is 0.126. The van der Waals surface area contributed by atoms with E-state index in [1.807, 2.05) is 20.8 Å². The SMILES string of the molecule is CO[C@H]1[C@H](O[C@H]2[C@H](OCC[C@@H](CC[C@@H](C)[C@H]3[C@@H](O)[C@@H](O)[C@@H]4[C@]3(C)CC[C@@H]3[C@@]5(C)CC[C@H](O)[C@H](O)[C@@H]5[C@@H](OS(=O)(=O)O)C[C@]34O)C(C)C)OC[C@@H](O)[C@@H]2O)OC[C@@H](O)[C@@H]1O. The second-order valence-corrected chi connectivity index (χ2v) is 20.6. The maximum atomic E-state index is 12.9. The molecule has 2 aliphatic heterocycles. The zero-order valence-electron chi connectivity index (χ0n) is 35.0. The van der Waals surface area contributed by atoms with Crippen molar-refractivity contribution in [3.8, 4) is 0 Å². The molecule has 22 atom stereocenters. The van der Waals surface area contributed by atoms with Crippen molar-refractivity contribution in [1.29, 1.82) is 0 Å². The first-order chi connectivity index (χ1) is 27.5. The minimum Gasteiger partial charge on any atom is -0.390 e. The molecule has 2 saturated heterocycles. The quantitative estimate of drug-likeness (QED) is 0.0983. The van der Waals surface area contributed by atoms with Crippen LogP contribution in [0.15, 0.2) is 0 Å². The monoisotopic (exact) mass is 870 g/mol. The van der Waals surface area contributed by atoms with Crippen LogP contribution in [0.5, 0.6) is 0 Å². The number of aliphatic hydroxyl groups is 9. The molecule has 6 fully saturated rings. The fourth-order valence-electron chi connectivity index (χ4n) is 13.0. The van der Waals surface area contributed by atoms with Crippen molar-refractivity contribution >= 4 is 10.4 Å². The lowest BCUT2D eigenvalue weighted by atomic mass is 9.41. The molecular formula is C40H70O18S. The van der Waals surface area contributed by atoms with Crippen molar-refractivity contribution < 1.29 is 86.8 Å². The van der Waals surface area contributed by atoms with Crippen molar-refractivity contribution in [2.75, 3.05) is 26.9 Å². The van der Waals surface area contributed by atoms with Crippen molar-refractivity contribution in [2.24, 2.45) is 52.3 Å². The Hall–Kier alpha value is -0.690. The molecule has 2 heterocycles. The molecule has 0 spiro atoms. The Morgan fingerprint density at radius 3 is 1.97 bits per heavy atom. The van der Waals surface area contributed by atoms with Crippen LogP contribution in [-0.2, 0) is 38.3 Å². The molecule has 18 nitrogen and oxygen atoms in total. The van der Waals surface area contributed by atoms with Crippen LogP contribution in [0.3, 0.4) is 0 Å². The maximum Gasteiger partial charge on any atom is 0.397 e. The standard InChI is InChI=1S/C40H70O18S/c1-18(2)20(11-14-54-36-34(30(46)23(43)16-55-36)57-37-33(53-6)29(45)22(42)17-56-37)8-7-19(3)26-31(47)32(48)35-39(26,5)13-10-25-38(4)12-9-21(41)28(44)27(38)24(15-40(25,35)49)58-59(50,51)52/h18-37,41-49H,7-17H2,1-6H3,(H,50,51,52)/t19-,20-,21+,22-,23-,24+,25-,26+,27+,28+,29+,30+,31-,32-,33-,34-,35-,36-,37+,38-,39-,40+/m1/s1. The summed E-state index contributed by atoms with van der Waals surface area (Å²) in [4.78, 5) is 0. The highest BCUT2D eigenvalue weighted by Gasteiger charge is 2.74. The van der Waals surface area contributed by atoms with Crippen LogP contribution >= 0.6 is 0 Å². The van der Waals surface area contributed by atoms with Gasteiger partial charge in [-0.25, -0.2) is 4.18 Å². The summed E-state index contributed by atoms with van der Waals surface area (Å²) in [7, 11) is -3.71. The van der Waals surface area contributed by atoms with Crippen molar-refractivity contribution in [3.05, 3.63) is 0 Å². The predicted octanol–water partition coefficient (Wildman–Crippen LogP) is -0.517. The largest absolute Gasteiger partial charge is 0.397 e. The van der Waals surface area contributed by atoms with E-state index in [1.54, 1.807) is 0 Å². The fraction of sp³-hybridized carbons (Fsp3) is 1.00. The van der Waals surface area contributed by atoms with Gasteiger partial charge in [-0.15, -0.1) is 0 Å². The second kappa shape index (κ2) is 18.1. The molecule has 0 bridgehead atoms. The zero-order valence-corrected chi connectivity index (χ0v) is 35.8. The Morgan fingerprint density at radius 2 is 1.36 bits per heavy atom. The predicted molar refractivity (Wildman–Crippen MR) is 205 cm³/mol. The summed E-state index contributed by atoms with van der Waals surface area (Å²) in [6.07, 6.45) is -13.0. The summed E-state index contributed by atoms with van der Waals surface area (Å²) < 4.78 is 67.8. The molecule has 6 rings (SSSR count). The molecular weight excluding hydrogens is 800 g/mol. The summed E-state index contributed by atoms with van der Waals surface area (Å²) in [6.45, 7) is 9.78. The average molecular weight is 871 g/mol. The van der Waals surface area contributed by atoms with Gasteiger partial charge in [0.1, 0.15) is 36.6 Å². The molecule has 0 aromatic rings. The number of aliphatic hydroxyl groups excluding tert-OH is 8. The lowest BCUT2D eigenvalue weighted by molar-refractivity contribution is -0.345. The van der Waals surface area contributed by atoms with Crippen molar-refractivity contribution in [1.82, 2.24) is 0 Å². The van der Waals surface area contributed by atoms with Crippen LogP contribution in [-0.4, -0.2) is 171 Å². The molecule has 59 heavy (non-hydrogen) atoms. The normalized spacial score (nSPS) is 50.2. The Morgan fingerprint density at radius 1 is 0.746 bits per heavy atom. The van der Waals surface area contributed by atoms with E-state index in [0.717, 1.165) is 6.42 Å². The van der Waals surface area contributed by atoms with Gasteiger partial charge in [0.2, 0.25) is 0 Å². The average Bonchev–Trinajstić information content (AvgIpc) is 3.35. The number of fused-ring (bicyclic) bond motifs is 5. The van der Waals surface area contributed by atoms with Gasteiger partial charge in [-0.05, 0) is 78.9 Å². The Balaban J connectivity index is 1.13. The first-order valence-corrected chi connectivity index (χ1v) is 22.7. The summed E-state index contributed by atoms with van der Waals surface area (Å²) >= 11 is 0. The van der Waals surface area contributed by atoms with E-state index in [2.05, 4.69) is 13.8 Å². The third kappa shape index (κ3) is 8.91. The Labute approximate surface area is 347 Å². The Bertz CT molecular complexity index is 1520. The van der Waals surface area contributed by atoms with Gasteiger partial charge >= 0.3 is 10.4 Å². The van der Waals surface area contributed by atoms with Gasteiger partial charge in [-0.2, -0.15) is 8.42 Å². The smallest absolute Gasteiger partial charge is 0.390 e. The van der Waals surface area contributed by atoms with Crippen LogP contribution < -0.4 is 0 Å². The minimum atomic E-state index is -5.03. The molecule has 19 heteroatoms. The third-order valence-corrected chi connectivity index (χ3v) is 16.4. The van der Waals surface area contributed by atoms with Gasteiger partial charge < -0.3 is 69.6 Å². The van der Waals surface area contributed by atoms with Gasteiger partial charge in [0.15, 0.2) is 12.6 Å². The molecule has 0 radical (unpaired) electrons. The summed E-state index contributed by atoms with van der Waals surface area (Å²) in [5.41, 5.74) is -3.43. The zero-order chi connectivity index (χ0) is 43.6. The maximum absolute atomic E-state index is 12.9. The highest BCUT2D eigenvalue weighted by molar-refractivity contribution is 7.80. The van der Waals surface area contributed by atoms with E-state index >= 15 is 0 Å². The van der Waals surface area contributed by atoms with E-state index in [1.165, 1.54) is 7.11 Å². The van der Waals surface area contributed by atoms with Crippen LogP contribution in [0, 0.1) is 52.3 Å². The van der Waals surface area contributed by atoms with Gasteiger partial charge in [0.05, 0.1) is 55.9 Å².